The number of aromatic nitrogens is 3. The van der Waals surface area contributed by atoms with Crippen molar-refractivity contribution in [2.45, 2.75) is 25.0 Å². The summed E-state index contributed by atoms with van der Waals surface area (Å²) in [6.45, 7) is -0.660. The van der Waals surface area contributed by atoms with Crippen molar-refractivity contribution >= 4 is 11.9 Å². The number of hydrogen-bond donors (Lipinski definition) is 3. The van der Waals surface area contributed by atoms with Crippen LogP contribution in [-0.2, 0) is 9.47 Å². The molecule has 0 aliphatic heterocycles. The average Bonchev–Trinajstić information content (AvgIpc) is 3.14. The number of esters is 2. The molecule has 1 saturated carbocycles. The highest BCUT2D eigenvalue weighted by Crippen LogP contribution is 2.44. The van der Waals surface area contributed by atoms with Crippen molar-refractivity contribution in [2.24, 2.45) is 5.41 Å². The molecule has 0 spiro atoms. The van der Waals surface area contributed by atoms with Crippen molar-refractivity contribution in [3.8, 4) is 0 Å². The van der Waals surface area contributed by atoms with E-state index in [1.54, 1.807) is 0 Å². The molecule has 1 aliphatic carbocycles. The zero-order valence-corrected chi connectivity index (χ0v) is 12.8. The average molecular weight is 329 g/mol. The van der Waals surface area contributed by atoms with Gasteiger partial charge in [0.25, 0.3) is 0 Å². The second kappa shape index (κ2) is 6.60. The van der Waals surface area contributed by atoms with Crippen LogP contribution in [-0.4, -0.2) is 75.8 Å². The lowest BCUT2D eigenvalue weighted by atomic mass is 9.88. The minimum atomic E-state index is -0.982. The third kappa shape index (κ3) is 2.92. The predicted molar refractivity (Wildman–Crippen MR) is 73.6 cm³/mol. The smallest absolute Gasteiger partial charge is 0.361 e. The Morgan fingerprint density at radius 1 is 1.22 bits per heavy atom. The summed E-state index contributed by atoms with van der Waals surface area (Å²) in [4.78, 5) is 23.7. The number of aliphatic hydroxyl groups is 3. The van der Waals surface area contributed by atoms with Crippen molar-refractivity contribution in [1.82, 2.24) is 15.0 Å². The van der Waals surface area contributed by atoms with Crippen molar-refractivity contribution in [3.63, 3.8) is 0 Å². The molecular weight excluding hydrogens is 310 g/mol. The lowest BCUT2D eigenvalue weighted by Crippen LogP contribution is -2.27. The quantitative estimate of drug-likeness (QED) is 0.551. The summed E-state index contributed by atoms with van der Waals surface area (Å²) in [7, 11) is 2.27. The zero-order chi connectivity index (χ0) is 17.2. The normalized spacial score (nSPS) is 22.8. The zero-order valence-electron chi connectivity index (χ0n) is 12.8. The molecule has 23 heavy (non-hydrogen) atoms. The first-order valence-corrected chi connectivity index (χ1v) is 6.94. The van der Waals surface area contributed by atoms with Crippen LogP contribution in [0.4, 0.5) is 0 Å². The Hall–Kier alpha value is -2.04. The third-order valence-electron chi connectivity index (χ3n) is 4.17. The molecule has 0 saturated heterocycles. The highest BCUT2D eigenvalue weighted by atomic mass is 16.5. The van der Waals surface area contributed by atoms with Crippen molar-refractivity contribution < 1.29 is 34.4 Å². The third-order valence-corrected chi connectivity index (χ3v) is 4.17. The molecule has 10 nitrogen and oxygen atoms in total. The highest BCUT2D eigenvalue weighted by Gasteiger charge is 2.47. The first-order chi connectivity index (χ1) is 10.9. The number of nitrogens with zero attached hydrogens (tertiary/aromatic N) is 3. The number of aliphatic hydroxyl groups excluding tert-OH is 3. The molecule has 10 heteroatoms. The van der Waals surface area contributed by atoms with Gasteiger partial charge in [-0.3, -0.25) is 0 Å². The number of rotatable bonds is 5. The number of carbonyl (C=O) groups excluding carboxylic acids is 2. The van der Waals surface area contributed by atoms with E-state index in [9.17, 15) is 24.9 Å². The molecule has 128 valence electrons. The van der Waals surface area contributed by atoms with Crippen LogP contribution in [0.25, 0.3) is 0 Å². The van der Waals surface area contributed by atoms with Gasteiger partial charge in [0.05, 0.1) is 39.6 Å². The van der Waals surface area contributed by atoms with Crippen LogP contribution in [0.1, 0.15) is 39.9 Å². The van der Waals surface area contributed by atoms with Crippen LogP contribution >= 0.6 is 0 Å². The number of ether oxygens (including phenoxy) is 2. The van der Waals surface area contributed by atoms with Gasteiger partial charge in [-0.1, -0.05) is 5.21 Å². The maximum atomic E-state index is 12.0. The summed E-state index contributed by atoms with van der Waals surface area (Å²) in [6.07, 6.45) is -0.696. The Labute approximate surface area is 131 Å². The van der Waals surface area contributed by atoms with Gasteiger partial charge < -0.3 is 24.8 Å². The minimum Gasteiger partial charge on any atom is -0.464 e. The fourth-order valence-corrected chi connectivity index (χ4v) is 2.85. The van der Waals surface area contributed by atoms with Crippen LogP contribution in [0.15, 0.2) is 0 Å². The number of carbonyl (C=O) groups is 2. The van der Waals surface area contributed by atoms with Gasteiger partial charge in [0.2, 0.25) is 5.69 Å². The van der Waals surface area contributed by atoms with Crippen molar-refractivity contribution in [3.05, 3.63) is 11.4 Å². The molecule has 0 aromatic carbocycles. The lowest BCUT2D eigenvalue weighted by Gasteiger charge is -2.23. The molecule has 1 fully saturated rings. The molecule has 0 radical (unpaired) electrons. The Morgan fingerprint density at radius 2 is 1.83 bits per heavy atom. The van der Waals surface area contributed by atoms with E-state index < -0.39 is 29.5 Å². The largest absolute Gasteiger partial charge is 0.464 e. The molecule has 1 aliphatic rings. The van der Waals surface area contributed by atoms with Crippen LogP contribution in [0.2, 0.25) is 0 Å². The Kier molecular flexibility index (Phi) is 4.97. The van der Waals surface area contributed by atoms with E-state index in [0.717, 1.165) is 18.9 Å². The summed E-state index contributed by atoms with van der Waals surface area (Å²) >= 11 is 0. The summed E-state index contributed by atoms with van der Waals surface area (Å²) in [5.41, 5.74) is -1.46. The van der Waals surface area contributed by atoms with E-state index in [1.807, 2.05) is 0 Å². The Bertz CT molecular complexity index is 596. The molecule has 2 atom stereocenters. The van der Waals surface area contributed by atoms with Crippen LogP contribution in [0.5, 0.6) is 0 Å². The number of methoxy groups -OCH3 is 2. The van der Waals surface area contributed by atoms with E-state index in [2.05, 4.69) is 19.8 Å². The van der Waals surface area contributed by atoms with E-state index in [4.69, 9.17) is 0 Å². The van der Waals surface area contributed by atoms with Gasteiger partial charge in [-0.05, 0) is 12.8 Å². The van der Waals surface area contributed by atoms with Crippen molar-refractivity contribution in [1.29, 1.82) is 0 Å². The molecular formula is C13H19N3O7. The molecule has 2 rings (SSSR count). The van der Waals surface area contributed by atoms with Crippen molar-refractivity contribution in [2.75, 3.05) is 27.4 Å². The van der Waals surface area contributed by atoms with Crippen LogP contribution < -0.4 is 0 Å². The monoisotopic (exact) mass is 329 g/mol. The molecule has 1 heterocycles. The van der Waals surface area contributed by atoms with Gasteiger partial charge in [0, 0.05) is 5.41 Å². The fraction of sp³-hybridized carbons (Fsp3) is 0.692. The van der Waals surface area contributed by atoms with E-state index in [1.165, 1.54) is 0 Å². The standard InChI is InChI=1S/C13H19N3O7/c1-22-11(20)9-10(12(21)23-2)16(15-14-9)7-3-13(5-17,6-18)4-8(7)19/h7-8,17-19H,3-6H2,1-2H3/t7-,8-/m1/s1. The summed E-state index contributed by atoms with van der Waals surface area (Å²) in [6, 6.07) is -0.741. The molecule has 3 N–H and O–H groups in total. The first kappa shape index (κ1) is 17.3. The molecule has 0 amide bonds. The molecule has 1 aromatic heterocycles. The summed E-state index contributed by atoms with van der Waals surface area (Å²) < 4.78 is 10.3. The molecule has 0 bridgehead atoms. The van der Waals surface area contributed by atoms with E-state index in [0.29, 0.717) is 0 Å². The second-order valence-corrected chi connectivity index (χ2v) is 5.57. The van der Waals surface area contributed by atoms with Gasteiger partial charge >= 0.3 is 11.9 Å². The maximum absolute atomic E-state index is 12.0. The highest BCUT2D eigenvalue weighted by molar-refractivity contribution is 6.00. The van der Waals surface area contributed by atoms with Gasteiger partial charge in [0.15, 0.2) is 5.69 Å². The Morgan fingerprint density at radius 3 is 2.30 bits per heavy atom. The van der Waals surface area contributed by atoms with E-state index in [-0.39, 0.29) is 37.4 Å². The second-order valence-electron chi connectivity index (χ2n) is 5.57. The maximum Gasteiger partial charge on any atom is 0.361 e. The predicted octanol–water partition coefficient (Wildman–Crippen LogP) is -1.48. The molecule has 0 unspecified atom stereocenters. The fourth-order valence-electron chi connectivity index (χ4n) is 2.85. The SMILES string of the molecule is COC(=O)c1nnn([C@@H]2CC(CO)(CO)C[C@H]2O)c1C(=O)OC. The van der Waals surface area contributed by atoms with Gasteiger partial charge in [-0.2, -0.15) is 0 Å². The minimum absolute atomic E-state index is 0.124. The molecule has 1 aromatic rings. The van der Waals surface area contributed by atoms with Gasteiger partial charge in [0.1, 0.15) is 0 Å². The number of hydrogen-bond acceptors (Lipinski definition) is 9. The summed E-state index contributed by atoms with van der Waals surface area (Å²) in [5, 5.41) is 36.6. The van der Waals surface area contributed by atoms with Gasteiger partial charge in [-0.15, -0.1) is 5.10 Å². The van der Waals surface area contributed by atoms with E-state index >= 15 is 0 Å². The lowest BCUT2D eigenvalue weighted by molar-refractivity contribution is 0.0466. The van der Waals surface area contributed by atoms with Gasteiger partial charge in [-0.25, -0.2) is 14.3 Å². The first-order valence-electron chi connectivity index (χ1n) is 6.94. The summed E-state index contributed by atoms with van der Waals surface area (Å²) in [5.74, 6) is -1.71. The van der Waals surface area contributed by atoms with Crippen LogP contribution in [0, 0.1) is 5.41 Å². The van der Waals surface area contributed by atoms with Crippen LogP contribution in [0.3, 0.4) is 0 Å². The Balaban J connectivity index is 2.46. The topological polar surface area (TPSA) is 144 Å².